The molecule has 1 saturated heterocycles. The molecule has 0 N–H and O–H groups in total. The number of para-hydroxylation sites is 1. The fourth-order valence-corrected chi connectivity index (χ4v) is 3.76. The summed E-state index contributed by atoms with van der Waals surface area (Å²) in [6, 6.07) is 8.82. The number of piperidine rings is 1. The SMILES string of the molecule is C#CCOc1ccccc1CN1CCC(c2cc(C(F)(F)F)n3ncnc3n2)CC1. The zero-order valence-electron chi connectivity index (χ0n) is 16.1. The van der Waals surface area contributed by atoms with Crippen LogP contribution in [0.4, 0.5) is 13.2 Å². The highest BCUT2D eigenvalue weighted by atomic mass is 19.4. The van der Waals surface area contributed by atoms with E-state index in [1.165, 1.54) is 0 Å². The number of alkyl halides is 3. The molecule has 0 radical (unpaired) electrons. The van der Waals surface area contributed by atoms with Gasteiger partial charge < -0.3 is 4.74 Å². The number of benzene rings is 1. The van der Waals surface area contributed by atoms with Crippen LogP contribution in [0.1, 0.15) is 35.7 Å². The molecule has 30 heavy (non-hydrogen) atoms. The molecule has 1 aliphatic rings. The molecule has 4 rings (SSSR count). The van der Waals surface area contributed by atoms with Crippen molar-refractivity contribution >= 4 is 5.78 Å². The number of halogens is 3. The summed E-state index contributed by atoms with van der Waals surface area (Å²) in [5, 5.41) is 3.65. The minimum Gasteiger partial charge on any atom is -0.481 e. The zero-order valence-corrected chi connectivity index (χ0v) is 16.1. The highest BCUT2D eigenvalue weighted by Crippen LogP contribution is 2.34. The third kappa shape index (κ3) is 4.24. The van der Waals surface area contributed by atoms with Crippen molar-refractivity contribution < 1.29 is 17.9 Å². The molecule has 0 spiro atoms. The monoisotopic (exact) mass is 415 g/mol. The van der Waals surface area contributed by atoms with Crippen molar-refractivity contribution in [3.05, 3.63) is 53.6 Å². The highest BCUT2D eigenvalue weighted by Gasteiger charge is 2.36. The lowest BCUT2D eigenvalue weighted by molar-refractivity contribution is -0.142. The van der Waals surface area contributed by atoms with Crippen LogP contribution in [0.5, 0.6) is 5.75 Å². The topological polar surface area (TPSA) is 55.6 Å². The second-order valence-corrected chi connectivity index (χ2v) is 7.19. The molecule has 0 bridgehead atoms. The Morgan fingerprint density at radius 1 is 1.20 bits per heavy atom. The summed E-state index contributed by atoms with van der Waals surface area (Å²) < 4.78 is 46.6. The van der Waals surface area contributed by atoms with Gasteiger partial charge >= 0.3 is 6.18 Å². The fourth-order valence-electron chi connectivity index (χ4n) is 3.76. The maximum atomic E-state index is 13.4. The zero-order chi connectivity index (χ0) is 21.1. The van der Waals surface area contributed by atoms with Gasteiger partial charge in [0, 0.05) is 23.7 Å². The second kappa shape index (κ2) is 8.32. The lowest BCUT2D eigenvalue weighted by Crippen LogP contribution is -2.33. The summed E-state index contributed by atoms with van der Waals surface area (Å²) in [5.41, 5.74) is 0.607. The first-order chi connectivity index (χ1) is 14.5. The van der Waals surface area contributed by atoms with Crippen molar-refractivity contribution in [3.63, 3.8) is 0 Å². The number of aromatic nitrogens is 4. The second-order valence-electron chi connectivity index (χ2n) is 7.19. The number of terminal acetylenes is 1. The molecule has 0 aliphatic carbocycles. The van der Waals surface area contributed by atoms with E-state index in [2.05, 4.69) is 25.9 Å². The molecule has 0 unspecified atom stereocenters. The van der Waals surface area contributed by atoms with Crippen LogP contribution in [-0.4, -0.2) is 44.2 Å². The molecule has 1 aliphatic heterocycles. The third-order valence-corrected chi connectivity index (χ3v) is 5.25. The number of rotatable bonds is 5. The van der Waals surface area contributed by atoms with E-state index >= 15 is 0 Å². The van der Waals surface area contributed by atoms with Crippen molar-refractivity contribution in [1.82, 2.24) is 24.5 Å². The molecule has 3 aromatic rings. The van der Waals surface area contributed by atoms with Crippen LogP contribution < -0.4 is 4.74 Å². The van der Waals surface area contributed by atoms with E-state index in [0.717, 1.165) is 41.3 Å². The van der Waals surface area contributed by atoms with Gasteiger partial charge in [-0.15, -0.1) is 6.42 Å². The molecule has 1 aromatic carbocycles. The smallest absolute Gasteiger partial charge is 0.433 e. The molecular weight excluding hydrogens is 395 g/mol. The van der Waals surface area contributed by atoms with Gasteiger partial charge in [0.2, 0.25) is 0 Å². The number of hydrogen-bond acceptors (Lipinski definition) is 5. The van der Waals surface area contributed by atoms with Gasteiger partial charge in [-0.25, -0.2) is 4.98 Å². The molecule has 6 nitrogen and oxygen atoms in total. The number of hydrogen-bond donors (Lipinski definition) is 0. The Hall–Kier alpha value is -3.12. The molecule has 0 amide bonds. The molecular formula is C21H20F3N5O. The Kier molecular flexibility index (Phi) is 5.59. The van der Waals surface area contributed by atoms with E-state index in [0.29, 0.717) is 25.1 Å². The molecule has 1 fully saturated rings. The van der Waals surface area contributed by atoms with Gasteiger partial charge in [0.25, 0.3) is 5.78 Å². The standard InChI is InChI=1S/C21H20F3N5O/c1-2-11-30-18-6-4-3-5-16(18)13-28-9-7-15(8-10-28)17-12-19(21(22,23)24)29-20(27-17)25-14-26-29/h1,3-6,12,14-15H,7-11,13H2. The minimum atomic E-state index is -4.52. The summed E-state index contributed by atoms with van der Waals surface area (Å²) >= 11 is 0. The first kappa shape index (κ1) is 20.2. The van der Waals surface area contributed by atoms with Crippen molar-refractivity contribution in [2.45, 2.75) is 31.5 Å². The number of likely N-dealkylation sites (tertiary alicyclic amines) is 1. The average molecular weight is 415 g/mol. The van der Waals surface area contributed by atoms with Gasteiger partial charge in [0.05, 0.1) is 0 Å². The largest absolute Gasteiger partial charge is 0.481 e. The molecule has 9 heteroatoms. The van der Waals surface area contributed by atoms with Gasteiger partial charge in [-0.2, -0.15) is 27.8 Å². The van der Waals surface area contributed by atoms with E-state index in [-0.39, 0.29) is 18.3 Å². The summed E-state index contributed by atoms with van der Waals surface area (Å²) in [6.45, 7) is 2.39. The van der Waals surface area contributed by atoms with Crippen LogP contribution >= 0.6 is 0 Å². The maximum Gasteiger partial charge on any atom is 0.433 e. The molecule has 156 valence electrons. The van der Waals surface area contributed by atoms with E-state index in [1.54, 1.807) is 0 Å². The average Bonchev–Trinajstić information content (AvgIpc) is 3.21. The molecule has 0 atom stereocenters. The third-order valence-electron chi connectivity index (χ3n) is 5.25. The number of nitrogens with zero attached hydrogens (tertiary/aromatic N) is 5. The lowest BCUT2D eigenvalue weighted by Gasteiger charge is -2.32. The predicted octanol–water partition coefficient (Wildman–Crippen LogP) is 3.53. The first-order valence-electron chi connectivity index (χ1n) is 9.60. The van der Waals surface area contributed by atoms with Crippen molar-refractivity contribution in [2.24, 2.45) is 0 Å². The quantitative estimate of drug-likeness (QED) is 0.597. The normalized spacial score (nSPS) is 15.9. The number of fused-ring (bicyclic) bond motifs is 1. The number of ether oxygens (including phenoxy) is 1. The van der Waals surface area contributed by atoms with E-state index in [4.69, 9.17) is 11.2 Å². The van der Waals surface area contributed by atoms with E-state index < -0.39 is 11.9 Å². The van der Waals surface area contributed by atoms with Crippen LogP contribution in [0.15, 0.2) is 36.7 Å². The molecule has 2 aromatic heterocycles. The van der Waals surface area contributed by atoms with Crippen LogP contribution in [0.3, 0.4) is 0 Å². The van der Waals surface area contributed by atoms with Gasteiger partial charge in [-0.05, 0) is 38.1 Å². The fraction of sp³-hybridized carbons (Fsp3) is 0.381. The lowest BCUT2D eigenvalue weighted by atomic mass is 9.92. The Labute approximate surface area is 171 Å². The summed E-state index contributed by atoms with van der Waals surface area (Å²) in [7, 11) is 0. The van der Waals surface area contributed by atoms with Gasteiger partial charge in [-0.3, -0.25) is 4.90 Å². The molecule has 3 heterocycles. The van der Waals surface area contributed by atoms with Crippen molar-refractivity contribution in [3.8, 4) is 18.1 Å². The van der Waals surface area contributed by atoms with Crippen LogP contribution in [0, 0.1) is 12.3 Å². The Morgan fingerprint density at radius 2 is 1.97 bits per heavy atom. The first-order valence-corrected chi connectivity index (χ1v) is 9.60. The maximum absolute atomic E-state index is 13.4. The Balaban J connectivity index is 1.46. The van der Waals surface area contributed by atoms with Gasteiger partial charge in [0.1, 0.15) is 18.7 Å². The predicted molar refractivity (Wildman–Crippen MR) is 104 cm³/mol. The van der Waals surface area contributed by atoms with Gasteiger partial charge in [-0.1, -0.05) is 24.1 Å². The van der Waals surface area contributed by atoms with Crippen LogP contribution in [0.2, 0.25) is 0 Å². The van der Waals surface area contributed by atoms with E-state index in [1.807, 2.05) is 24.3 Å². The minimum absolute atomic E-state index is 0.0261. The van der Waals surface area contributed by atoms with Crippen LogP contribution in [0.25, 0.3) is 5.78 Å². The summed E-state index contributed by atoms with van der Waals surface area (Å²) in [6.07, 6.45) is 3.26. The van der Waals surface area contributed by atoms with Crippen LogP contribution in [-0.2, 0) is 12.7 Å². The Bertz CT molecular complexity index is 1060. The van der Waals surface area contributed by atoms with Gasteiger partial charge in [0.15, 0.2) is 5.69 Å². The van der Waals surface area contributed by atoms with E-state index in [9.17, 15) is 13.2 Å². The highest BCUT2D eigenvalue weighted by molar-refractivity contribution is 5.34. The van der Waals surface area contributed by atoms with Crippen molar-refractivity contribution in [2.75, 3.05) is 19.7 Å². The molecule has 0 saturated carbocycles. The summed E-state index contributed by atoms with van der Waals surface area (Å²) in [4.78, 5) is 10.4. The van der Waals surface area contributed by atoms with Crippen molar-refractivity contribution in [1.29, 1.82) is 0 Å². The summed E-state index contributed by atoms with van der Waals surface area (Å²) in [5.74, 6) is 3.13. The Morgan fingerprint density at radius 3 is 2.70 bits per heavy atom.